The van der Waals surface area contributed by atoms with Crippen molar-refractivity contribution in [2.24, 2.45) is 0 Å². The van der Waals surface area contributed by atoms with Crippen LogP contribution in [0.4, 0.5) is 0 Å². The number of hydrogen-bond acceptors (Lipinski definition) is 41. The molecule has 10 fully saturated rings. The van der Waals surface area contributed by atoms with Gasteiger partial charge in [-0.3, -0.25) is 0 Å². The van der Waals surface area contributed by atoms with Crippen molar-refractivity contribution in [3.8, 4) is 0 Å². The van der Waals surface area contributed by atoms with Gasteiger partial charge in [0.05, 0.1) is 66.1 Å². The average molecular weight is 1340 g/mol. The summed E-state index contributed by atoms with van der Waals surface area (Å²) in [5.41, 5.74) is 0. The van der Waals surface area contributed by atoms with Crippen LogP contribution in [0.2, 0.25) is 0 Å². The second-order valence-corrected chi connectivity index (χ2v) is 23.3. The molecule has 22 N–H and O–H groups in total. The summed E-state index contributed by atoms with van der Waals surface area (Å²) in [7, 11) is 0. The van der Waals surface area contributed by atoms with Gasteiger partial charge in [0, 0.05) is 0 Å². The van der Waals surface area contributed by atoms with Gasteiger partial charge in [-0.05, 0) is 0 Å². The highest BCUT2D eigenvalue weighted by Gasteiger charge is 2.58. The SMILES string of the molecule is OC[C@@H]1O[C@@H](O[C@@H]2[C@@H](O)[C@H](O[C@@H]3CO[C@@H](O[C@@H]4CO[C@@H](O[C@@H]5CO[C@@H](O[C@@H]6CO[C@@H](O[C@@H]7COC(O)[C@H](O)[C@H]7O)[C@H](O)[C@H]6O[C@@H]6O[C@@H](CO)[C@H](O)[C@H]6O)[C@H](O)[C@H]5O[C@@H]5O[C@@H](CO)[C@H](O)[C@H]5O)[C@H](O)[C@H]4O[C@@H]4O[C@@H](CO)[C@H](O)[C@H]4O)[C@H](O)[C@H]3O)OC[C@H]2O)[C@H](O)[C@H]1O. The Bertz CT molecular complexity index is 2240. The maximum absolute atomic E-state index is 12.2. The number of aliphatic hydroxyl groups is 22. The van der Waals surface area contributed by atoms with Crippen molar-refractivity contribution in [1.82, 2.24) is 0 Å². The molecular formula is C50H82O41. The second kappa shape index (κ2) is 31.1. The largest absolute Gasteiger partial charge is 0.394 e. The van der Waals surface area contributed by atoms with Gasteiger partial charge in [-0.15, -0.1) is 0 Å². The Balaban J connectivity index is 0.836. The molecule has 1 unspecified atom stereocenters. The van der Waals surface area contributed by atoms with E-state index in [2.05, 4.69) is 0 Å². The topological polar surface area (TPSA) is 620 Å². The smallest absolute Gasteiger partial charge is 0.187 e. The predicted octanol–water partition coefficient (Wildman–Crippen LogP) is -16.4. The minimum absolute atomic E-state index is 0.525. The normalized spacial score (nSPS) is 54.1. The summed E-state index contributed by atoms with van der Waals surface area (Å²) in [6.07, 6.45) is -70.5. The minimum atomic E-state index is -2.15. The second-order valence-electron chi connectivity index (χ2n) is 23.3. The molecule has 0 aromatic heterocycles. The van der Waals surface area contributed by atoms with E-state index in [0.29, 0.717) is 0 Å². The van der Waals surface area contributed by atoms with Crippen molar-refractivity contribution in [3.63, 3.8) is 0 Å². The summed E-state index contributed by atoms with van der Waals surface area (Å²) in [4.78, 5) is 0. The maximum Gasteiger partial charge on any atom is 0.187 e. The molecule has 0 spiro atoms. The molecule has 0 amide bonds. The standard InChI is InChI=1S/C50H82O41/c51-1-12-21(56)29(64)47(79-12)88-37-11(55)5-74-43(33(37)68)84-17-7-75-42(28(63)26(17)61)85-18-8-77-45(35(70)38(18)89-48-30(65)22(57)13(2-52)80-48)87-20-10-78-46(36(71)40(20)91-50-32(67)24(59)15(4-54)82-50)86-19-9-76-44(83-16-6-73-41(72)27(62)25(16)60)34(69)39(19)90-49-31(66)23(58)14(3-53)81-49/h11-72H,1-10H2/t11-,12+,13+,14+,15+,16-,17-,18-,19-,20-,21+,22+,23+,24+,25+,26+,27-,28-,29-,30-,31-,32-,33-,34-,35-,36-,37+,38+,39+,40+,41?,42+,43+,44+,45+,46+,47+,48+,49+,50+/m1/s1. The molecule has 40 atom stereocenters. The Morgan fingerprint density at radius 3 is 0.780 bits per heavy atom. The molecule has 0 aromatic rings. The number of rotatable bonds is 22. The van der Waals surface area contributed by atoms with Crippen LogP contribution in [0, 0.1) is 0 Å². The van der Waals surface area contributed by atoms with E-state index in [-0.39, 0.29) is 0 Å². The summed E-state index contributed by atoms with van der Waals surface area (Å²) >= 11 is 0. The lowest BCUT2D eigenvalue weighted by molar-refractivity contribution is -0.384. The fourth-order valence-corrected chi connectivity index (χ4v) is 11.8. The van der Waals surface area contributed by atoms with Gasteiger partial charge in [-0.1, -0.05) is 0 Å². The molecule has 0 aliphatic carbocycles. The molecule has 528 valence electrons. The van der Waals surface area contributed by atoms with Crippen LogP contribution in [0.1, 0.15) is 0 Å². The zero-order valence-electron chi connectivity index (χ0n) is 47.8. The van der Waals surface area contributed by atoms with Crippen molar-refractivity contribution >= 4 is 0 Å². The number of ether oxygens (including phenoxy) is 19. The minimum Gasteiger partial charge on any atom is -0.394 e. The van der Waals surface area contributed by atoms with Crippen LogP contribution in [-0.4, -0.2) is 424 Å². The third kappa shape index (κ3) is 15.2. The van der Waals surface area contributed by atoms with E-state index in [9.17, 15) is 112 Å². The maximum atomic E-state index is 12.2. The molecule has 10 heterocycles. The van der Waals surface area contributed by atoms with E-state index in [1.807, 2.05) is 0 Å². The molecule has 10 saturated heterocycles. The Labute approximate surface area is 513 Å². The average Bonchev–Trinajstić information content (AvgIpc) is 1.85. The quantitative estimate of drug-likeness (QED) is 0.0479. The van der Waals surface area contributed by atoms with E-state index in [1.165, 1.54) is 0 Å². The molecular weight excluding hydrogens is 1260 g/mol. The third-order valence-electron chi connectivity index (χ3n) is 17.2. The fourth-order valence-electron chi connectivity index (χ4n) is 11.8. The van der Waals surface area contributed by atoms with Crippen LogP contribution in [0.3, 0.4) is 0 Å². The van der Waals surface area contributed by atoms with E-state index in [1.54, 1.807) is 0 Å². The van der Waals surface area contributed by atoms with Gasteiger partial charge >= 0.3 is 0 Å². The third-order valence-corrected chi connectivity index (χ3v) is 17.2. The first-order valence-corrected chi connectivity index (χ1v) is 29.3. The number of hydrogen-bond donors (Lipinski definition) is 22. The lowest BCUT2D eigenvalue weighted by Crippen LogP contribution is -2.65. The van der Waals surface area contributed by atoms with Crippen LogP contribution in [-0.2, 0) is 90.0 Å². The summed E-state index contributed by atoms with van der Waals surface area (Å²) in [5, 5.41) is 235. The van der Waals surface area contributed by atoms with Gasteiger partial charge in [0.15, 0.2) is 62.9 Å². The van der Waals surface area contributed by atoms with Gasteiger partial charge in [0.25, 0.3) is 0 Å². The van der Waals surface area contributed by atoms with Crippen LogP contribution >= 0.6 is 0 Å². The molecule has 0 saturated carbocycles. The van der Waals surface area contributed by atoms with Crippen LogP contribution < -0.4 is 0 Å². The molecule has 0 radical (unpaired) electrons. The molecule has 0 bridgehead atoms. The summed E-state index contributed by atoms with van der Waals surface area (Å²) < 4.78 is 109. The molecule has 10 rings (SSSR count). The Kier molecular flexibility index (Phi) is 24.6. The molecule has 91 heavy (non-hydrogen) atoms. The summed E-state index contributed by atoms with van der Waals surface area (Å²) in [6.45, 7) is -7.05. The summed E-state index contributed by atoms with van der Waals surface area (Å²) in [6, 6.07) is 0. The molecule has 10 aliphatic rings. The zero-order valence-corrected chi connectivity index (χ0v) is 47.8. The van der Waals surface area contributed by atoms with E-state index in [0.717, 1.165) is 0 Å². The van der Waals surface area contributed by atoms with Gasteiger partial charge in [0.1, 0.15) is 183 Å². The Hall–Kier alpha value is -1.64. The van der Waals surface area contributed by atoms with Crippen molar-refractivity contribution in [2.75, 3.05) is 66.1 Å². The molecule has 41 heteroatoms. The van der Waals surface area contributed by atoms with Crippen molar-refractivity contribution in [2.45, 2.75) is 246 Å². The first-order chi connectivity index (χ1) is 43.4. The highest BCUT2D eigenvalue weighted by atomic mass is 16.8. The lowest BCUT2D eigenvalue weighted by atomic mass is 10.0. The predicted molar refractivity (Wildman–Crippen MR) is 270 cm³/mol. The van der Waals surface area contributed by atoms with E-state index in [4.69, 9.17) is 90.0 Å². The first kappa shape index (κ1) is 72.1. The van der Waals surface area contributed by atoms with Gasteiger partial charge in [0.2, 0.25) is 0 Å². The zero-order chi connectivity index (χ0) is 65.6. The van der Waals surface area contributed by atoms with Crippen LogP contribution in [0.25, 0.3) is 0 Å². The molecule has 10 aliphatic heterocycles. The highest BCUT2D eigenvalue weighted by molar-refractivity contribution is 4.99. The van der Waals surface area contributed by atoms with E-state index >= 15 is 0 Å². The first-order valence-electron chi connectivity index (χ1n) is 29.3. The van der Waals surface area contributed by atoms with Gasteiger partial charge < -0.3 is 202 Å². The van der Waals surface area contributed by atoms with Crippen LogP contribution in [0.15, 0.2) is 0 Å². The van der Waals surface area contributed by atoms with E-state index < -0.39 is 312 Å². The van der Waals surface area contributed by atoms with Crippen LogP contribution in [0.5, 0.6) is 0 Å². The van der Waals surface area contributed by atoms with Crippen molar-refractivity contribution in [1.29, 1.82) is 0 Å². The Morgan fingerprint density at radius 2 is 0.462 bits per heavy atom. The fraction of sp³-hybridized carbons (Fsp3) is 1.00. The van der Waals surface area contributed by atoms with Gasteiger partial charge in [-0.25, -0.2) is 0 Å². The molecule has 41 nitrogen and oxygen atoms in total. The number of aliphatic hydroxyl groups excluding tert-OH is 22. The van der Waals surface area contributed by atoms with Gasteiger partial charge in [-0.2, -0.15) is 0 Å². The Morgan fingerprint density at radius 1 is 0.220 bits per heavy atom. The highest BCUT2D eigenvalue weighted by Crippen LogP contribution is 2.38. The van der Waals surface area contributed by atoms with Crippen molar-refractivity contribution in [3.05, 3.63) is 0 Å². The molecule has 0 aromatic carbocycles. The summed E-state index contributed by atoms with van der Waals surface area (Å²) in [5.74, 6) is 0. The lowest BCUT2D eigenvalue weighted by Gasteiger charge is -2.47. The monoisotopic (exact) mass is 1340 g/mol. The van der Waals surface area contributed by atoms with Crippen molar-refractivity contribution < 1.29 is 202 Å².